The van der Waals surface area contributed by atoms with Crippen LogP contribution in [0.5, 0.6) is 0 Å². The first-order valence-corrected chi connectivity index (χ1v) is 9.27. The van der Waals surface area contributed by atoms with Crippen molar-refractivity contribution < 1.29 is 9.59 Å². The molecule has 1 aliphatic rings. The summed E-state index contributed by atoms with van der Waals surface area (Å²) in [6.45, 7) is 1.26. The molecule has 0 spiro atoms. The topological polar surface area (TPSA) is 40.6 Å². The summed E-state index contributed by atoms with van der Waals surface area (Å²) in [5, 5.41) is 0.670. The summed E-state index contributed by atoms with van der Waals surface area (Å²) in [6, 6.07) is 17.0. The Morgan fingerprint density at radius 1 is 1.04 bits per heavy atom. The minimum Gasteiger partial charge on any atom is -0.342 e. The Hall–Kier alpha value is -2.33. The second kappa shape index (κ2) is 8.37. The largest absolute Gasteiger partial charge is 0.342 e. The predicted octanol–water partition coefficient (Wildman–Crippen LogP) is 3.78. The molecule has 0 bridgehead atoms. The molecule has 0 saturated carbocycles. The molecule has 1 aliphatic heterocycles. The van der Waals surface area contributed by atoms with Crippen molar-refractivity contribution in [1.29, 1.82) is 0 Å². The monoisotopic (exact) mass is 370 g/mol. The Morgan fingerprint density at radius 2 is 1.65 bits per heavy atom. The molecular weight excluding hydrogens is 348 g/mol. The lowest BCUT2D eigenvalue weighted by atomic mass is 9.94. The lowest BCUT2D eigenvalue weighted by Crippen LogP contribution is -2.44. The molecule has 0 radical (unpaired) electrons. The zero-order valence-electron chi connectivity index (χ0n) is 14.9. The van der Waals surface area contributed by atoms with Gasteiger partial charge in [-0.05, 0) is 42.7 Å². The van der Waals surface area contributed by atoms with Crippen molar-refractivity contribution in [1.82, 2.24) is 4.90 Å². The minimum atomic E-state index is -0.0280. The van der Waals surface area contributed by atoms with Gasteiger partial charge >= 0.3 is 0 Å². The highest BCUT2D eigenvalue weighted by atomic mass is 35.5. The van der Waals surface area contributed by atoms with Crippen LogP contribution < -0.4 is 4.90 Å². The molecule has 2 aromatic carbocycles. The van der Waals surface area contributed by atoms with E-state index in [-0.39, 0.29) is 17.7 Å². The number of amides is 2. The maximum Gasteiger partial charge on any atom is 0.229 e. The molecule has 0 atom stereocenters. The molecule has 0 aromatic heterocycles. The third-order valence-corrected chi connectivity index (χ3v) is 5.19. The first kappa shape index (κ1) is 18.5. The number of carbonyl (C=O) groups excluding carboxylic acids is 2. The Balaban J connectivity index is 1.52. The van der Waals surface area contributed by atoms with Gasteiger partial charge in [0.05, 0.1) is 6.42 Å². The van der Waals surface area contributed by atoms with Crippen LogP contribution in [0.4, 0.5) is 5.69 Å². The molecule has 1 saturated heterocycles. The molecule has 2 aromatic rings. The number of piperidine rings is 1. The van der Waals surface area contributed by atoms with E-state index in [1.54, 1.807) is 17.0 Å². The number of para-hydroxylation sites is 1. The summed E-state index contributed by atoms with van der Waals surface area (Å²) in [5.74, 6) is 0.204. The normalized spacial score (nSPS) is 14.9. The van der Waals surface area contributed by atoms with Gasteiger partial charge in [0.15, 0.2) is 0 Å². The Bertz CT molecular complexity index is 753. The first-order chi connectivity index (χ1) is 12.5. The van der Waals surface area contributed by atoms with Crippen molar-refractivity contribution in [2.24, 2.45) is 5.92 Å². The maximum atomic E-state index is 12.7. The van der Waals surface area contributed by atoms with Gasteiger partial charge in [-0.1, -0.05) is 41.9 Å². The highest BCUT2D eigenvalue weighted by Crippen LogP contribution is 2.23. The third-order valence-electron chi connectivity index (χ3n) is 4.94. The number of halogens is 1. The summed E-state index contributed by atoms with van der Waals surface area (Å²) in [5.41, 5.74) is 1.86. The number of rotatable bonds is 4. The summed E-state index contributed by atoms with van der Waals surface area (Å²) in [7, 11) is 1.82. The van der Waals surface area contributed by atoms with Gasteiger partial charge in [-0.15, -0.1) is 0 Å². The highest BCUT2D eigenvalue weighted by Gasteiger charge is 2.29. The molecule has 26 heavy (non-hydrogen) atoms. The van der Waals surface area contributed by atoms with Crippen LogP contribution in [0.2, 0.25) is 5.02 Å². The van der Waals surface area contributed by atoms with Crippen molar-refractivity contribution in [2.75, 3.05) is 25.0 Å². The first-order valence-electron chi connectivity index (χ1n) is 8.89. The number of hydrogen-bond donors (Lipinski definition) is 0. The van der Waals surface area contributed by atoms with Crippen LogP contribution in [0.15, 0.2) is 54.6 Å². The SMILES string of the molecule is CN(C(=O)C1CCN(C(=O)Cc2ccc(Cl)cc2)CC1)c1ccccc1. The van der Waals surface area contributed by atoms with Crippen molar-refractivity contribution in [2.45, 2.75) is 19.3 Å². The molecule has 5 heteroatoms. The molecular formula is C21H23ClN2O2. The molecule has 2 amide bonds. The fraction of sp³-hybridized carbons (Fsp3) is 0.333. The molecule has 1 fully saturated rings. The van der Waals surface area contributed by atoms with E-state index in [1.165, 1.54) is 0 Å². The molecule has 0 aliphatic carbocycles. The second-order valence-corrected chi connectivity index (χ2v) is 7.13. The molecule has 0 unspecified atom stereocenters. The number of carbonyl (C=O) groups is 2. The Kier molecular flexibility index (Phi) is 5.94. The average molecular weight is 371 g/mol. The van der Waals surface area contributed by atoms with Crippen LogP contribution in [0.25, 0.3) is 0 Å². The molecule has 136 valence electrons. The van der Waals surface area contributed by atoms with E-state index in [4.69, 9.17) is 11.6 Å². The van der Waals surface area contributed by atoms with Gasteiger partial charge in [0.25, 0.3) is 0 Å². The van der Waals surface area contributed by atoms with Gasteiger partial charge in [0.1, 0.15) is 0 Å². The summed E-state index contributed by atoms with van der Waals surface area (Å²) in [6.07, 6.45) is 1.80. The van der Waals surface area contributed by atoms with Crippen LogP contribution in [0, 0.1) is 5.92 Å². The van der Waals surface area contributed by atoms with Crippen LogP contribution in [0.1, 0.15) is 18.4 Å². The number of anilines is 1. The van der Waals surface area contributed by atoms with Gasteiger partial charge in [0.2, 0.25) is 11.8 Å². The lowest BCUT2D eigenvalue weighted by molar-refractivity contribution is -0.134. The zero-order valence-corrected chi connectivity index (χ0v) is 15.7. The van der Waals surface area contributed by atoms with Crippen LogP contribution in [-0.4, -0.2) is 36.9 Å². The quantitative estimate of drug-likeness (QED) is 0.821. The van der Waals surface area contributed by atoms with E-state index in [2.05, 4.69) is 0 Å². The van der Waals surface area contributed by atoms with E-state index < -0.39 is 0 Å². The van der Waals surface area contributed by atoms with E-state index in [0.29, 0.717) is 37.4 Å². The summed E-state index contributed by atoms with van der Waals surface area (Å²) in [4.78, 5) is 28.8. The van der Waals surface area contributed by atoms with Crippen LogP contribution in [0.3, 0.4) is 0 Å². The fourth-order valence-electron chi connectivity index (χ4n) is 3.32. The zero-order chi connectivity index (χ0) is 18.5. The van der Waals surface area contributed by atoms with E-state index in [9.17, 15) is 9.59 Å². The molecule has 4 nitrogen and oxygen atoms in total. The van der Waals surface area contributed by atoms with Gasteiger partial charge in [0, 0.05) is 36.8 Å². The van der Waals surface area contributed by atoms with E-state index in [1.807, 2.05) is 54.4 Å². The number of likely N-dealkylation sites (tertiary alicyclic amines) is 1. The molecule has 0 N–H and O–H groups in total. The predicted molar refractivity (Wildman–Crippen MR) is 104 cm³/mol. The fourth-order valence-corrected chi connectivity index (χ4v) is 3.44. The van der Waals surface area contributed by atoms with Gasteiger partial charge in [-0.3, -0.25) is 9.59 Å². The van der Waals surface area contributed by atoms with E-state index >= 15 is 0 Å². The Morgan fingerprint density at radius 3 is 2.27 bits per heavy atom. The van der Waals surface area contributed by atoms with Crippen molar-refractivity contribution in [3.05, 3.63) is 65.2 Å². The number of hydrogen-bond acceptors (Lipinski definition) is 2. The maximum absolute atomic E-state index is 12.7. The molecule has 3 rings (SSSR count). The van der Waals surface area contributed by atoms with Gasteiger partial charge < -0.3 is 9.80 Å². The average Bonchev–Trinajstić information content (AvgIpc) is 2.69. The second-order valence-electron chi connectivity index (χ2n) is 6.69. The highest BCUT2D eigenvalue weighted by molar-refractivity contribution is 6.30. The minimum absolute atomic E-state index is 0.0280. The van der Waals surface area contributed by atoms with Gasteiger partial charge in [-0.25, -0.2) is 0 Å². The summed E-state index contributed by atoms with van der Waals surface area (Å²) >= 11 is 5.88. The Labute approximate surface area is 159 Å². The van der Waals surface area contributed by atoms with Gasteiger partial charge in [-0.2, -0.15) is 0 Å². The lowest BCUT2D eigenvalue weighted by Gasteiger charge is -2.33. The van der Waals surface area contributed by atoms with Crippen molar-refractivity contribution in [3.8, 4) is 0 Å². The van der Waals surface area contributed by atoms with Crippen LogP contribution in [-0.2, 0) is 16.0 Å². The summed E-state index contributed by atoms with van der Waals surface area (Å²) < 4.78 is 0. The standard InChI is InChI=1S/C21H23ClN2O2/c1-23(19-5-3-2-4-6-19)21(26)17-11-13-24(14-12-17)20(25)15-16-7-9-18(22)10-8-16/h2-10,17H,11-15H2,1H3. The van der Waals surface area contributed by atoms with Crippen LogP contribution >= 0.6 is 11.6 Å². The van der Waals surface area contributed by atoms with Crippen molar-refractivity contribution in [3.63, 3.8) is 0 Å². The van der Waals surface area contributed by atoms with Crippen molar-refractivity contribution >= 4 is 29.1 Å². The molecule has 1 heterocycles. The number of nitrogens with zero attached hydrogens (tertiary/aromatic N) is 2. The third kappa shape index (κ3) is 4.44. The number of benzene rings is 2. The van der Waals surface area contributed by atoms with E-state index in [0.717, 1.165) is 11.3 Å². The smallest absolute Gasteiger partial charge is 0.229 e.